The molecule has 33 heavy (non-hydrogen) atoms. The molecule has 0 aliphatic carbocycles. The van der Waals surface area contributed by atoms with Gasteiger partial charge in [-0.1, -0.05) is 41.9 Å². The second-order valence-electron chi connectivity index (χ2n) is 8.32. The molecule has 2 amide bonds. The van der Waals surface area contributed by atoms with Crippen LogP contribution in [0.5, 0.6) is 5.75 Å². The van der Waals surface area contributed by atoms with E-state index in [9.17, 15) is 9.59 Å². The molecule has 2 saturated heterocycles. The number of methoxy groups -OCH3 is 1. The van der Waals surface area contributed by atoms with Crippen molar-refractivity contribution in [1.29, 1.82) is 0 Å². The smallest absolute Gasteiger partial charge is 0.230 e. The van der Waals surface area contributed by atoms with Crippen molar-refractivity contribution in [2.24, 2.45) is 5.92 Å². The Balaban J connectivity index is 1.23. The van der Waals surface area contributed by atoms with E-state index >= 15 is 0 Å². The number of fused-ring (bicyclic) bond motifs is 1. The van der Waals surface area contributed by atoms with Crippen molar-refractivity contribution < 1.29 is 14.3 Å². The van der Waals surface area contributed by atoms with E-state index in [0.29, 0.717) is 18.1 Å². The van der Waals surface area contributed by atoms with Gasteiger partial charge in [0.25, 0.3) is 0 Å². The largest absolute Gasteiger partial charge is 0.496 e. The fraction of sp³-hybridized carbons (Fsp3) is 0.417. The number of para-hydroxylation sites is 1. The van der Waals surface area contributed by atoms with Crippen LogP contribution in [0.4, 0.5) is 0 Å². The van der Waals surface area contributed by atoms with Crippen molar-refractivity contribution in [3.63, 3.8) is 0 Å². The molecule has 2 heterocycles. The predicted molar refractivity (Wildman–Crippen MR) is 131 cm³/mol. The van der Waals surface area contributed by atoms with Gasteiger partial charge in [-0.3, -0.25) is 19.8 Å². The number of rotatable bonds is 8. The first-order chi connectivity index (χ1) is 16.0. The van der Waals surface area contributed by atoms with Crippen molar-refractivity contribution in [1.82, 2.24) is 20.9 Å². The summed E-state index contributed by atoms with van der Waals surface area (Å²) in [6.45, 7) is 2.80. The second-order valence-corrected chi connectivity index (χ2v) is 9.85. The van der Waals surface area contributed by atoms with Crippen LogP contribution in [-0.4, -0.2) is 54.2 Å². The molecule has 2 aromatic carbocycles. The van der Waals surface area contributed by atoms with Crippen LogP contribution < -0.4 is 20.7 Å². The fourth-order valence-electron chi connectivity index (χ4n) is 4.28. The zero-order valence-corrected chi connectivity index (χ0v) is 20.1. The standard InChI is InChI=1S/C24H29ClN4O3S/c1-32-21-5-3-2-4-17(21)13-29-11-10-20-19(14-29)23(31)28-24(27-20)33-15-22(30)26-12-16-6-8-18(25)9-7-16/h2-9,19-20,24,27H,10-15H2,1H3,(H,26,30)(H,28,31). The molecule has 3 unspecified atom stereocenters. The lowest BCUT2D eigenvalue weighted by Gasteiger charge is -2.43. The number of piperidine rings is 1. The molecule has 2 aliphatic rings. The average Bonchev–Trinajstić information content (AvgIpc) is 2.83. The van der Waals surface area contributed by atoms with Crippen LogP contribution in [0.25, 0.3) is 0 Å². The molecule has 4 rings (SSSR count). The molecular formula is C24H29ClN4O3S. The monoisotopic (exact) mass is 488 g/mol. The summed E-state index contributed by atoms with van der Waals surface area (Å²) in [4.78, 5) is 27.4. The van der Waals surface area contributed by atoms with Gasteiger partial charge in [0.2, 0.25) is 11.8 Å². The van der Waals surface area contributed by atoms with E-state index in [0.717, 1.165) is 36.4 Å². The molecule has 176 valence electrons. The number of carbonyl (C=O) groups is 2. The van der Waals surface area contributed by atoms with Crippen LogP contribution >= 0.6 is 23.4 Å². The highest BCUT2D eigenvalue weighted by atomic mass is 35.5. The lowest BCUT2D eigenvalue weighted by Crippen LogP contribution is -2.64. The summed E-state index contributed by atoms with van der Waals surface area (Å²) in [5.41, 5.74) is 1.85. The van der Waals surface area contributed by atoms with Crippen LogP contribution in [-0.2, 0) is 22.7 Å². The number of hydrogen-bond acceptors (Lipinski definition) is 6. The van der Waals surface area contributed by atoms with E-state index in [4.69, 9.17) is 16.3 Å². The minimum atomic E-state index is -0.263. The molecule has 0 saturated carbocycles. The maximum absolute atomic E-state index is 12.8. The van der Waals surface area contributed by atoms with Crippen LogP contribution in [0.15, 0.2) is 48.5 Å². The van der Waals surface area contributed by atoms with Gasteiger partial charge in [-0.2, -0.15) is 0 Å². The van der Waals surface area contributed by atoms with Gasteiger partial charge >= 0.3 is 0 Å². The van der Waals surface area contributed by atoms with Crippen molar-refractivity contribution in [2.75, 3.05) is 26.0 Å². The summed E-state index contributed by atoms with van der Waals surface area (Å²) in [7, 11) is 1.68. The third kappa shape index (κ3) is 6.41. The predicted octanol–water partition coefficient (Wildman–Crippen LogP) is 2.59. The van der Waals surface area contributed by atoms with Crippen LogP contribution in [0, 0.1) is 5.92 Å². The van der Waals surface area contributed by atoms with Gasteiger partial charge in [-0.15, -0.1) is 11.8 Å². The Labute approximate surface area is 203 Å². The van der Waals surface area contributed by atoms with E-state index in [-0.39, 0.29) is 35.0 Å². The lowest BCUT2D eigenvalue weighted by atomic mass is 9.89. The van der Waals surface area contributed by atoms with Crippen molar-refractivity contribution >= 4 is 35.2 Å². The molecule has 2 aliphatic heterocycles. The summed E-state index contributed by atoms with van der Waals surface area (Å²) in [5, 5.41) is 10.1. The van der Waals surface area contributed by atoms with Crippen molar-refractivity contribution in [3.05, 3.63) is 64.7 Å². The van der Waals surface area contributed by atoms with Gasteiger partial charge in [0.15, 0.2) is 0 Å². The van der Waals surface area contributed by atoms with Crippen LogP contribution in [0.1, 0.15) is 17.5 Å². The summed E-state index contributed by atoms with van der Waals surface area (Å²) in [5.74, 6) is 1.01. The molecule has 2 aromatic rings. The molecule has 9 heteroatoms. The number of hydrogen-bond donors (Lipinski definition) is 3. The summed E-state index contributed by atoms with van der Waals surface area (Å²) >= 11 is 7.29. The average molecular weight is 489 g/mol. The highest BCUT2D eigenvalue weighted by Crippen LogP contribution is 2.27. The Morgan fingerprint density at radius 1 is 1.24 bits per heavy atom. The minimum Gasteiger partial charge on any atom is -0.496 e. The van der Waals surface area contributed by atoms with Crippen molar-refractivity contribution in [2.45, 2.75) is 31.0 Å². The summed E-state index contributed by atoms with van der Waals surface area (Å²) in [6, 6.07) is 15.5. The normalized spacial score (nSPS) is 22.8. The van der Waals surface area contributed by atoms with E-state index < -0.39 is 0 Å². The molecule has 0 aromatic heterocycles. The Hall–Kier alpha value is -2.26. The number of thioether (sulfide) groups is 1. The molecule has 0 radical (unpaired) electrons. The summed E-state index contributed by atoms with van der Waals surface area (Å²) < 4.78 is 5.46. The third-order valence-corrected chi connectivity index (χ3v) is 7.31. The topological polar surface area (TPSA) is 82.7 Å². The van der Waals surface area contributed by atoms with E-state index in [1.54, 1.807) is 19.2 Å². The van der Waals surface area contributed by atoms with Crippen molar-refractivity contribution in [3.8, 4) is 5.75 Å². The second kappa shape index (κ2) is 11.2. The number of halogens is 1. The fourth-order valence-corrected chi connectivity index (χ4v) is 5.29. The number of benzene rings is 2. The Morgan fingerprint density at radius 3 is 2.82 bits per heavy atom. The number of ether oxygens (including phenoxy) is 1. The number of carbonyl (C=O) groups excluding carboxylic acids is 2. The zero-order valence-electron chi connectivity index (χ0n) is 18.6. The number of nitrogens with zero attached hydrogens (tertiary/aromatic N) is 1. The van der Waals surface area contributed by atoms with E-state index in [1.165, 1.54) is 11.8 Å². The Kier molecular flexibility index (Phi) is 8.14. The first-order valence-electron chi connectivity index (χ1n) is 11.1. The number of nitrogens with one attached hydrogen (secondary N) is 3. The third-order valence-electron chi connectivity index (χ3n) is 6.04. The van der Waals surface area contributed by atoms with Gasteiger partial charge in [0.05, 0.1) is 18.8 Å². The first kappa shape index (κ1) is 23.9. The van der Waals surface area contributed by atoms with Gasteiger partial charge in [0.1, 0.15) is 11.2 Å². The molecule has 3 N–H and O–H groups in total. The molecular weight excluding hydrogens is 460 g/mol. The molecule has 0 spiro atoms. The van der Waals surface area contributed by atoms with Crippen LogP contribution in [0.2, 0.25) is 5.02 Å². The summed E-state index contributed by atoms with van der Waals surface area (Å²) in [6.07, 6.45) is 0.882. The Morgan fingerprint density at radius 2 is 2.03 bits per heavy atom. The molecule has 7 nitrogen and oxygen atoms in total. The number of likely N-dealkylation sites (tertiary alicyclic amines) is 1. The maximum Gasteiger partial charge on any atom is 0.230 e. The van der Waals surface area contributed by atoms with E-state index in [2.05, 4.69) is 26.9 Å². The first-order valence-corrected chi connectivity index (χ1v) is 12.5. The SMILES string of the molecule is COc1ccccc1CN1CCC2NC(SCC(=O)NCc3ccc(Cl)cc3)NC(=O)C2C1. The number of amides is 2. The van der Waals surface area contributed by atoms with Gasteiger partial charge in [0, 0.05) is 42.8 Å². The minimum absolute atomic E-state index is 0.0440. The highest BCUT2D eigenvalue weighted by molar-refractivity contribution is 8.00. The quantitative estimate of drug-likeness (QED) is 0.530. The van der Waals surface area contributed by atoms with E-state index in [1.807, 2.05) is 30.3 Å². The molecule has 2 fully saturated rings. The van der Waals surface area contributed by atoms with Gasteiger partial charge < -0.3 is 15.4 Å². The maximum atomic E-state index is 12.8. The van der Waals surface area contributed by atoms with Crippen LogP contribution in [0.3, 0.4) is 0 Å². The Bertz CT molecular complexity index is 974. The lowest BCUT2D eigenvalue weighted by molar-refractivity contribution is -0.130. The zero-order chi connectivity index (χ0) is 23.2. The van der Waals surface area contributed by atoms with Gasteiger partial charge in [-0.25, -0.2) is 0 Å². The van der Waals surface area contributed by atoms with Gasteiger partial charge in [-0.05, 0) is 30.2 Å². The molecule has 0 bridgehead atoms. The molecule has 3 atom stereocenters. The highest BCUT2D eigenvalue weighted by Gasteiger charge is 2.40.